The Balaban J connectivity index is 2.98. The van der Waals surface area contributed by atoms with Crippen LogP contribution in [-0.2, 0) is 0 Å². The maximum Gasteiger partial charge on any atom is 0.108 e. The fourth-order valence-corrected chi connectivity index (χ4v) is 2.22. The van der Waals surface area contributed by atoms with Gasteiger partial charge in [0.2, 0.25) is 0 Å². The van der Waals surface area contributed by atoms with Crippen LogP contribution in [0.3, 0.4) is 0 Å². The minimum absolute atomic E-state index is 0.141. The molecule has 1 aliphatic carbocycles. The number of nitrogens with zero attached hydrogens (tertiary/aromatic N) is 2. The lowest BCUT2D eigenvalue weighted by molar-refractivity contribution is 0.343. The fraction of sp³-hybridized carbons (Fsp3) is 0.562. The number of nitrogens with one attached hydrogen (secondary N) is 2. The minimum Gasteiger partial charge on any atom is -0.372 e. The second-order valence-corrected chi connectivity index (χ2v) is 6.58. The van der Waals surface area contributed by atoms with Crippen LogP contribution in [0.15, 0.2) is 28.3 Å². The van der Waals surface area contributed by atoms with Gasteiger partial charge in [0.25, 0.3) is 0 Å². The molecule has 0 saturated heterocycles. The van der Waals surface area contributed by atoms with E-state index in [-0.39, 0.29) is 5.92 Å². The van der Waals surface area contributed by atoms with Crippen molar-refractivity contribution in [2.75, 3.05) is 6.54 Å². The Morgan fingerprint density at radius 1 is 1.52 bits per heavy atom. The molecule has 1 atom stereocenters. The van der Waals surface area contributed by atoms with Crippen molar-refractivity contribution in [3.63, 3.8) is 0 Å². The molecule has 5 heteroatoms. The molecule has 0 saturated carbocycles. The lowest BCUT2D eigenvalue weighted by Crippen LogP contribution is -2.37. The molecular formula is C16H25N5. The second-order valence-electron chi connectivity index (χ2n) is 6.58. The van der Waals surface area contributed by atoms with Gasteiger partial charge in [0.05, 0.1) is 17.8 Å². The number of hydrogen-bond acceptors (Lipinski definition) is 3. The van der Waals surface area contributed by atoms with Crippen LogP contribution in [-0.4, -0.2) is 24.8 Å². The fourth-order valence-electron chi connectivity index (χ4n) is 2.22. The minimum atomic E-state index is -0.432. The molecule has 1 unspecified atom stereocenters. The molecule has 0 aromatic carbocycles. The summed E-state index contributed by atoms with van der Waals surface area (Å²) >= 11 is 0. The van der Waals surface area contributed by atoms with Crippen LogP contribution in [0.4, 0.5) is 0 Å². The topological polar surface area (TPSA) is 98.1 Å². The zero-order valence-corrected chi connectivity index (χ0v) is 13.3. The number of hydrogen-bond donors (Lipinski definition) is 3. The smallest absolute Gasteiger partial charge is 0.108 e. The molecule has 0 heterocycles. The quantitative estimate of drug-likeness (QED) is 0.516. The summed E-state index contributed by atoms with van der Waals surface area (Å²) in [5, 5.41) is 19.3. The highest BCUT2D eigenvalue weighted by Gasteiger charge is 2.32. The van der Waals surface area contributed by atoms with Crippen molar-refractivity contribution in [2.24, 2.45) is 22.1 Å². The third kappa shape index (κ3) is 4.83. The molecule has 0 bridgehead atoms. The average Bonchev–Trinajstić information content (AvgIpc) is 2.42. The molecule has 0 fully saturated rings. The van der Waals surface area contributed by atoms with Gasteiger partial charge in [0.1, 0.15) is 6.34 Å². The van der Waals surface area contributed by atoms with E-state index in [1.807, 2.05) is 27.7 Å². The van der Waals surface area contributed by atoms with Gasteiger partial charge in [0, 0.05) is 12.1 Å². The van der Waals surface area contributed by atoms with Crippen LogP contribution in [0.2, 0.25) is 0 Å². The van der Waals surface area contributed by atoms with E-state index in [1.165, 1.54) is 11.9 Å². The SMILES string of the molecule is CC(C)(N)C1=CC(C(C)(C)C#N)CC(CN/C=N\C=N)=C1. The first-order valence-corrected chi connectivity index (χ1v) is 7.06. The molecular weight excluding hydrogens is 262 g/mol. The molecule has 0 aromatic heterocycles. The zero-order chi connectivity index (χ0) is 16.1. The Labute approximate surface area is 127 Å². The summed E-state index contributed by atoms with van der Waals surface area (Å²) in [6, 6.07) is 2.39. The Morgan fingerprint density at radius 2 is 2.19 bits per heavy atom. The van der Waals surface area contributed by atoms with Crippen LogP contribution in [0.25, 0.3) is 0 Å². The van der Waals surface area contributed by atoms with Gasteiger partial charge in [-0.05, 0) is 45.6 Å². The molecule has 1 aliphatic rings. The average molecular weight is 287 g/mol. The molecule has 0 amide bonds. The normalized spacial score (nSPS) is 19.7. The standard InChI is InChI=1S/C16H25N5/c1-15(2,9-17)13-5-12(8-20-11-21-10-18)6-14(7-13)16(3,4)19/h6-7,10-11,13H,5,8,19H2,1-4H3,(H2,18,20,21). The molecule has 0 aliphatic heterocycles. The van der Waals surface area contributed by atoms with Gasteiger partial charge in [-0.25, -0.2) is 4.99 Å². The van der Waals surface area contributed by atoms with Gasteiger partial charge in [-0.3, -0.25) is 5.41 Å². The maximum absolute atomic E-state index is 9.38. The molecule has 0 radical (unpaired) electrons. The highest BCUT2D eigenvalue weighted by molar-refractivity contribution is 5.69. The van der Waals surface area contributed by atoms with E-state index in [2.05, 4.69) is 28.5 Å². The Hall–Kier alpha value is -1.93. The summed E-state index contributed by atoms with van der Waals surface area (Å²) in [4.78, 5) is 3.69. The monoisotopic (exact) mass is 287 g/mol. The van der Waals surface area contributed by atoms with E-state index in [0.717, 1.165) is 18.3 Å². The Morgan fingerprint density at radius 3 is 2.71 bits per heavy atom. The largest absolute Gasteiger partial charge is 0.372 e. The molecule has 4 N–H and O–H groups in total. The van der Waals surface area contributed by atoms with Gasteiger partial charge < -0.3 is 11.1 Å². The third-order valence-electron chi connectivity index (χ3n) is 3.75. The first kappa shape index (κ1) is 17.1. The summed E-state index contributed by atoms with van der Waals surface area (Å²) < 4.78 is 0. The van der Waals surface area contributed by atoms with Crippen LogP contribution in [0, 0.1) is 28.1 Å². The number of allylic oxidation sites excluding steroid dienone is 1. The summed E-state index contributed by atoms with van der Waals surface area (Å²) in [5.41, 5.74) is 7.61. The maximum atomic E-state index is 9.38. The van der Waals surface area contributed by atoms with E-state index in [4.69, 9.17) is 11.1 Å². The summed E-state index contributed by atoms with van der Waals surface area (Å²) in [6.07, 6.45) is 7.56. The van der Waals surface area contributed by atoms with Gasteiger partial charge >= 0.3 is 0 Å². The van der Waals surface area contributed by atoms with Crippen molar-refractivity contribution >= 4 is 12.7 Å². The highest BCUT2D eigenvalue weighted by atomic mass is 14.9. The lowest BCUT2D eigenvalue weighted by atomic mass is 9.71. The van der Waals surface area contributed by atoms with E-state index < -0.39 is 11.0 Å². The van der Waals surface area contributed by atoms with Gasteiger partial charge in [-0.2, -0.15) is 5.26 Å². The molecule has 1 rings (SSSR count). The van der Waals surface area contributed by atoms with Crippen LogP contribution in [0.1, 0.15) is 34.1 Å². The van der Waals surface area contributed by atoms with E-state index >= 15 is 0 Å². The Bertz CT molecular complexity index is 512. The first-order chi connectivity index (χ1) is 9.70. The summed E-state index contributed by atoms with van der Waals surface area (Å²) in [6.45, 7) is 8.50. The van der Waals surface area contributed by atoms with E-state index in [1.54, 1.807) is 0 Å². The third-order valence-corrected chi connectivity index (χ3v) is 3.75. The number of nitriles is 1. The van der Waals surface area contributed by atoms with Crippen molar-refractivity contribution in [2.45, 2.75) is 39.7 Å². The van der Waals surface area contributed by atoms with Crippen molar-refractivity contribution in [3.05, 3.63) is 23.3 Å². The van der Waals surface area contributed by atoms with Gasteiger partial charge in [-0.1, -0.05) is 17.7 Å². The second kappa shape index (κ2) is 6.68. The van der Waals surface area contributed by atoms with Crippen LogP contribution >= 0.6 is 0 Å². The van der Waals surface area contributed by atoms with Crippen LogP contribution in [0.5, 0.6) is 0 Å². The van der Waals surface area contributed by atoms with Gasteiger partial charge in [-0.15, -0.1) is 0 Å². The zero-order valence-electron chi connectivity index (χ0n) is 13.3. The predicted molar refractivity (Wildman–Crippen MR) is 87.2 cm³/mol. The number of nitrogens with two attached hydrogens (primary N) is 1. The van der Waals surface area contributed by atoms with E-state index in [0.29, 0.717) is 6.54 Å². The first-order valence-electron chi connectivity index (χ1n) is 7.06. The summed E-state index contributed by atoms with van der Waals surface area (Å²) in [7, 11) is 0. The molecule has 5 nitrogen and oxygen atoms in total. The predicted octanol–water partition coefficient (Wildman–Crippen LogP) is 2.37. The van der Waals surface area contributed by atoms with Crippen molar-refractivity contribution in [3.8, 4) is 6.07 Å². The molecule has 21 heavy (non-hydrogen) atoms. The van der Waals surface area contributed by atoms with Gasteiger partial charge in [0.15, 0.2) is 0 Å². The van der Waals surface area contributed by atoms with Crippen LogP contribution < -0.4 is 11.1 Å². The van der Waals surface area contributed by atoms with E-state index in [9.17, 15) is 5.26 Å². The van der Waals surface area contributed by atoms with Crippen molar-refractivity contribution in [1.82, 2.24) is 5.32 Å². The Kier molecular flexibility index (Phi) is 5.45. The molecule has 114 valence electrons. The number of aliphatic imine (C=N–C) groups is 1. The molecule has 0 aromatic rings. The highest BCUT2D eigenvalue weighted by Crippen LogP contribution is 2.38. The summed E-state index contributed by atoms with van der Waals surface area (Å²) in [5.74, 6) is 0.141. The number of rotatable bonds is 6. The lowest BCUT2D eigenvalue weighted by Gasteiger charge is -2.33. The van der Waals surface area contributed by atoms with Crippen molar-refractivity contribution in [1.29, 1.82) is 10.7 Å². The molecule has 0 spiro atoms. The van der Waals surface area contributed by atoms with Crippen molar-refractivity contribution < 1.29 is 0 Å².